The number of amides is 1. The Morgan fingerprint density at radius 3 is 2.76 bits per heavy atom. The van der Waals surface area contributed by atoms with Crippen LogP contribution in [0.25, 0.3) is 10.2 Å². The summed E-state index contributed by atoms with van der Waals surface area (Å²) in [6.45, 7) is 3.17. The maximum absolute atomic E-state index is 12.3. The highest BCUT2D eigenvalue weighted by Crippen LogP contribution is 2.27. The maximum Gasteiger partial charge on any atom is 0.331 e. The molecule has 0 spiro atoms. The minimum Gasteiger partial charge on any atom is -0.479 e. The van der Waals surface area contributed by atoms with Gasteiger partial charge < -0.3 is 15.2 Å². The maximum atomic E-state index is 12.3. The molecule has 1 amide bonds. The van der Waals surface area contributed by atoms with E-state index in [0.717, 1.165) is 15.9 Å². The lowest BCUT2D eigenvalue weighted by atomic mass is 10.0. The first-order valence-electron chi connectivity index (χ1n) is 6.26. The predicted molar refractivity (Wildman–Crippen MR) is 78.7 cm³/mol. The standard InChI is InChI=1S/C13H17N3O4S/c1-7-8-5-9(21-11(8)16(3)15-7)10(17)14-13(2,6-20-4)12(18)19/h5H,6H2,1-4H3,(H,14,17)(H,18,19). The van der Waals surface area contributed by atoms with Gasteiger partial charge in [-0.1, -0.05) is 0 Å². The number of aliphatic carboxylic acids is 1. The fourth-order valence-electron chi connectivity index (χ4n) is 2.07. The van der Waals surface area contributed by atoms with Gasteiger partial charge in [0.1, 0.15) is 4.83 Å². The van der Waals surface area contributed by atoms with E-state index < -0.39 is 17.4 Å². The summed E-state index contributed by atoms with van der Waals surface area (Å²) in [4.78, 5) is 24.9. The van der Waals surface area contributed by atoms with Crippen LogP contribution in [0.3, 0.4) is 0 Å². The van der Waals surface area contributed by atoms with Crippen LogP contribution in [-0.2, 0) is 16.6 Å². The average Bonchev–Trinajstić information content (AvgIpc) is 2.92. The molecule has 7 nitrogen and oxygen atoms in total. The lowest BCUT2D eigenvalue weighted by molar-refractivity contribution is -0.145. The molecule has 0 aromatic carbocycles. The van der Waals surface area contributed by atoms with E-state index in [2.05, 4.69) is 10.4 Å². The Labute approximate surface area is 125 Å². The fourth-order valence-corrected chi connectivity index (χ4v) is 3.09. The number of rotatable bonds is 5. The van der Waals surface area contributed by atoms with E-state index >= 15 is 0 Å². The van der Waals surface area contributed by atoms with Crippen LogP contribution < -0.4 is 5.32 Å². The minimum absolute atomic E-state index is 0.112. The highest BCUT2D eigenvalue weighted by Gasteiger charge is 2.35. The van der Waals surface area contributed by atoms with Crippen molar-refractivity contribution >= 4 is 33.4 Å². The van der Waals surface area contributed by atoms with Crippen LogP contribution in [0, 0.1) is 6.92 Å². The second kappa shape index (κ2) is 5.45. The van der Waals surface area contributed by atoms with Crippen molar-refractivity contribution in [3.63, 3.8) is 0 Å². The third-order valence-corrected chi connectivity index (χ3v) is 4.42. The van der Waals surface area contributed by atoms with Crippen LogP contribution in [0.5, 0.6) is 0 Å². The Kier molecular flexibility index (Phi) is 4.02. The van der Waals surface area contributed by atoms with Gasteiger partial charge in [0.15, 0.2) is 5.54 Å². The van der Waals surface area contributed by atoms with Gasteiger partial charge in [-0.3, -0.25) is 9.48 Å². The number of carbonyl (C=O) groups excluding carboxylic acids is 1. The molecule has 0 aliphatic heterocycles. The number of nitrogens with zero attached hydrogens (tertiary/aromatic N) is 2. The van der Waals surface area contributed by atoms with E-state index in [-0.39, 0.29) is 6.61 Å². The molecule has 8 heteroatoms. The summed E-state index contributed by atoms with van der Waals surface area (Å²) < 4.78 is 6.59. The first-order valence-corrected chi connectivity index (χ1v) is 7.08. The molecule has 1 unspecified atom stereocenters. The first-order chi connectivity index (χ1) is 9.78. The molecule has 2 aromatic rings. The quantitative estimate of drug-likeness (QED) is 0.864. The van der Waals surface area contributed by atoms with Crippen LogP contribution in [0.4, 0.5) is 0 Å². The number of carbonyl (C=O) groups is 2. The number of aromatic nitrogens is 2. The second-order valence-electron chi connectivity index (χ2n) is 5.06. The monoisotopic (exact) mass is 311 g/mol. The molecule has 21 heavy (non-hydrogen) atoms. The van der Waals surface area contributed by atoms with E-state index in [1.54, 1.807) is 17.8 Å². The number of ether oxygens (including phenoxy) is 1. The molecule has 2 N–H and O–H groups in total. The normalized spacial score (nSPS) is 14.1. The topological polar surface area (TPSA) is 93.5 Å². The summed E-state index contributed by atoms with van der Waals surface area (Å²) >= 11 is 1.28. The van der Waals surface area contributed by atoms with Gasteiger partial charge in [-0.15, -0.1) is 11.3 Å². The molecule has 0 radical (unpaired) electrons. The van der Waals surface area contributed by atoms with Gasteiger partial charge in [0.05, 0.1) is 17.2 Å². The van der Waals surface area contributed by atoms with E-state index in [4.69, 9.17) is 4.74 Å². The average molecular weight is 311 g/mol. The van der Waals surface area contributed by atoms with E-state index in [1.807, 2.05) is 6.92 Å². The lowest BCUT2D eigenvalue weighted by Crippen LogP contribution is -2.55. The molecule has 0 fully saturated rings. The van der Waals surface area contributed by atoms with Crippen molar-refractivity contribution in [1.29, 1.82) is 0 Å². The first kappa shape index (κ1) is 15.5. The SMILES string of the molecule is COCC(C)(NC(=O)c1cc2c(C)nn(C)c2s1)C(=O)O. The number of aryl methyl sites for hydroxylation is 2. The van der Waals surface area contributed by atoms with Gasteiger partial charge in [-0.25, -0.2) is 4.79 Å². The van der Waals surface area contributed by atoms with E-state index in [9.17, 15) is 14.7 Å². The highest BCUT2D eigenvalue weighted by atomic mass is 32.1. The van der Waals surface area contributed by atoms with Gasteiger partial charge >= 0.3 is 5.97 Å². The molecule has 2 rings (SSSR count). The van der Waals surface area contributed by atoms with Gasteiger partial charge in [-0.05, 0) is 19.9 Å². The van der Waals surface area contributed by atoms with Crippen LogP contribution in [0.1, 0.15) is 22.3 Å². The number of hydrogen-bond donors (Lipinski definition) is 2. The number of carboxylic acid groups (broad SMARTS) is 1. The number of carboxylic acids is 1. The molecule has 0 aliphatic rings. The smallest absolute Gasteiger partial charge is 0.331 e. The van der Waals surface area contributed by atoms with Gasteiger partial charge in [0.25, 0.3) is 5.91 Å². The van der Waals surface area contributed by atoms with Crippen LogP contribution in [0.2, 0.25) is 0 Å². The third kappa shape index (κ3) is 2.77. The van der Waals surface area contributed by atoms with Gasteiger partial charge in [0.2, 0.25) is 0 Å². The van der Waals surface area contributed by atoms with Crippen molar-refractivity contribution in [2.24, 2.45) is 7.05 Å². The zero-order chi connectivity index (χ0) is 15.8. The summed E-state index contributed by atoms with van der Waals surface area (Å²) in [5.74, 6) is -1.57. The van der Waals surface area contributed by atoms with Gasteiger partial charge in [0, 0.05) is 19.5 Å². The zero-order valence-corrected chi connectivity index (χ0v) is 13.1. The summed E-state index contributed by atoms with van der Waals surface area (Å²) in [6, 6.07) is 1.73. The highest BCUT2D eigenvalue weighted by molar-refractivity contribution is 7.20. The molecule has 0 saturated heterocycles. The molecule has 1 atom stereocenters. The predicted octanol–water partition coefficient (Wildman–Crippen LogP) is 1.16. The van der Waals surface area contributed by atoms with Crippen LogP contribution in [0.15, 0.2) is 6.07 Å². The molecular formula is C13H17N3O4S. The van der Waals surface area contributed by atoms with Crippen molar-refractivity contribution in [2.45, 2.75) is 19.4 Å². The summed E-state index contributed by atoms with van der Waals surface area (Å²) in [5.41, 5.74) is -0.629. The summed E-state index contributed by atoms with van der Waals surface area (Å²) in [7, 11) is 3.20. The van der Waals surface area contributed by atoms with Gasteiger partial charge in [-0.2, -0.15) is 5.10 Å². The van der Waals surface area contributed by atoms with Crippen LogP contribution >= 0.6 is 11.3 Å². The van der Waals surface area contributed by atoms with Crippen molar-refractivity contribution in [2.75, 3.05) is 13.7 Å². The Bertz CT molecular complexity index is 671. The van der Waals surface area contributed by atoms with Crippen molar-refractivity contribution < 1.29 is 19.4 Å². The molecule has 2 heterocycles. The fraction of sp³-hybridized carbons (Fsp3) is 0.462. The Morgan fingerprint density at radius 1 is 1.57 bits per heavy atom. The molecule has 0 saturated carbocycles. The summed E-state index contributed by atoms with van der Waals surface area (Å²) in [6.07, 6.45) is 0. The molecule has 0 aliphatic carbocycles. The Balaban J connectivity index is 2.29. The zero-order valence-electron chi connectivity index (χ0n) is 12.3. The Morgan fingerprint density at radius 2 is 2.24 bits per heavy atom. The van der Waals surface area contributed by atoms with Crippen molar-refractivity contribution in [3.8, 4) is 0 Å². The number of hydrogen-bond acceptors (Lipinski definition) is 5. The van der Waals surface area contributed by atoms with E-state index in [0.29, 0.717) is 4.88 Å². The Hall–Kier alpha value is -1.93. The number of methoxy groups -OCH3 is 1. The molecule has 0 bridgehead atoms. The lowest BCUT2D eigenvalue weighted by Gasteiger charge is -2.24. The largest absolute Gasteiger partial charge is 0.479 e. The van der Waals surface area contributed by atoms with Crippen molar-refractivity contribution in [1.82, 2.24) is 15.1 Å². The number of thiophene rings is 1. The number of nitrogens with one attached hydrogen (secondary N) is 1. The van der Waals surface area contributed by atoms with Crippen LogP contribution in [-0.4, -0.2) is 46.0 Å². The van der Waals surface area contributed by atoms with Crippen molar-refractivity contribution in [3.05, 3.63) is 16.6 Å². The molecular weight excluding hydrogens is 294 g/mol. The number of fused-ring (bicyclic) bond motifs is 1. The minimum atomic E-state index is -1.46. The third-order valence-electron chi connectivity index (χ3n) is 3.21. The summed E-state index contributed by atoms with van der Waals surface area (Å²) in [5, 5.41) is 16.9. The molecule has 114 valence electrons. The second-order valence-corrected chi connectivity index (χ2v) is 6.09. The molecule has 2 aromatic heterocycles. The van der Waals surface area contributed by atoms with E-state index in [1.165, 1.54) is 25.4 Å².